The second-order valence-electron chi connectivity index (χ2n) is 4.56. The van der Waals surface area contributed by atoms with Crippen LogP contribution >= 0.6 is 11.6 Å². The third-order valence-corrected chi connectivity index (χ3v) is 3.29. The van der Waals surface area contributed by atoms with Gasteiger partial charge in [-0.2, -0.15) is 0 Å². The van der Waals surface area contributed by atoms with Crippen LogP contribution < -0.4 is 4.90 Å². The summed E-state index contributed by atoms with van der Waals surface area (Å²) in [6, 6.07) is 11.5. The number of rotatable bonds is 4. The molecular weight excluding hydrogens is 260 g/mol. The SMILES string of the molecule is CC(O)c1ccc(N(C)Cc2ccccn2)c(Cl)c1. The molecule has 4 heteroatoms. The van der Waals surface area contributed by atoms with Crippen molar-refractivity contribution in [2.75, 3.05) is 11.9 Å². The molecule has 0 aliphatic carbocycles. The molecule has 0 saturated heterocycles. The lowest BCUT2D eigenvalue weighted by atomic mass is 10.1. The molecule has 0 radical (unpaired) electrons. The van der Waals surface area contributed by atoms with E-state index in [1.54, 1.807) is 19.2 Å². The molecule has 0 spiro atoms. The minimum atomic E-state index is -0.507. The highest BCUT2D eigenvalue weighted by Crippen LogP contribution is 2.29. The van der Waals surface area contributed by atoms with Crippen LogP contribution in [0.25, 0.3) is 0 Å². The van der Waals surface area contributed by atoms with E-state index in [0.717, 1.165) is 16.9 Å². The average molecular weight is 277 g/mol. The Hall–Kier alpha value is -1.58. The molecule has 0 aliphatic rings. The fourth-order valence-electron chi connectivity index (χ4n) is 1.91. The minimum absolute atomic E-state index is 0.507. The van der Waals surface area contributed by atoms with Crippen LogP contribution in [0.1, 0.15) is 24.3 Å². The number of nitrogens with zero attached hydrogens (tertiary/aromatic N) is 2. The molecular formula is C15H17ClN2O. The number of aliphatic hydroxyl groups excluding tert-OH is 1. The fourth-order valence-corrected chi connectivity index (χ4v) is 2.25. The van der Waals surface area contributed by atoms with Gasteiger partial charge in [0.15, 0.2) is 0 Å². The summed E-state index contributed by atoms with van der Waals surface area (Å²) in [4.78, 5) is 6.33. The number of anilines is 1. The Balaban J connectivity index is 2.17. The first-order valence-electron chi connectivity index (χ1n) is 6.16. The maximum Gasteiger partial charge on any atom is 0.0762 e. The van der Waals surface area contributed by atoms with Gasteiger partial charge in [-0.3, -0.25) is 4.98 Å². The van der Waals surface area contributed by atoms with E-state index in [4.69, 9.17) is 11.6 Å². The van der Waals surface area contributed by atoms with Crippen LogP contribution in [0.15, 0.2) is 42.6 Å². The molecule has 1 unspecified atom stereocenters. The van der Waals surface area contributed by atoms with Crippen molar-refractivity contribution in [2.45, 2.75) is 19.6 Å². The molecule has 0 fully saturated rings. The largest absolute Gasteiger partial charge is 0.389 e. The van der Waals surface area contributed by atoms with Crippen LogP contribution in [-0.4, -0.2) is 17.1 Å². The third kappa shape index (κ3) is 3.46. The summed E-state index contributed by atoms with van der Waals surface area (Å²) in [6.45, 7) is 2.41. The van der Waals surface area contributed by atoms with Gasteiger partial charge < -0.3 is 10.0 Å². The van der Waals surface area contributed by atoms with Crippen molar-refractivity contribution < 1.29 is 5.11 Å². The second kappa shape index (κ2) is 6.04. The summed E-state index contributed by atoms with van der Waals surface area (Å²) in [6.07, 6.45) is 1.27. The van der Waals surface area contributed by atoms with Gasteiger partial charge in [0.1, 0.15) is 0 Å². The van der Waals surface area contributed by atoms with E-state index in [9.17, 15) is 5.11 Å². The first kappa shape index (κ1) is 13.8. The molecule has 1 N–H and O–H groups in total. The Bertz CT molecular complexity index is 543. The number of aliphatic hydroxyl groups is 1. The zero-order chi connectivity index (χ0) is 13.8. The van der Waals surface area contributed by atoms with Gasteiger partial charge in [-0.1, -0.05) is 23.7 Å². The highest BCUT2D eigenvalue weighted by molar-refractivity contribution is 6.33. The number of pyridine rings is 1. The molecule has 100 valence electrons. The van der Waals surface area contributed by atoms with Gasteiger partial charge in [0, 0.05) is 13.2 Å². The standard InChI is InChI=1S/C15H17ClN2O/c1-11(19)12-6-7-15(14(16)9-12)18(2)10-13-5-3-4-8-17-13/h3-9,11,19H,10H2,1-2H3. The molecule has 0 aliphatic heterocycles. The van der Waals surface area contributed by atoms with Crippen molar-refractivity contribution in [2.24, 2.45) is 0 Å². The molecule has 1 heterocycles. The number of hydrogen-bond donors (Lipinski definition) is 1. The molecule has 1 aromatic heterocycles. The molecule has 19 heavy (non-hydrogen) atoms. The summed E-state index contributed by atoms with van der Waals surface area (Å²) in [5.74, 6) is 0. The van der Waals surface area contributed by atoms with E-state index in [0.29, 0.717) is 11.6 Å². The van der Waals surface area contributed by atoms with Crippen LogP contribution in [0.5, 0.6) is 0 Å². The van der Waals surface area contributed by atoms with Crippen molar-refractivity contribution in [3.05, 3.63) is 58.9 Å². The van der Waals surface area contributed by atoms with Crippen molar-refractivity contribution in [1.82, 2.24) is 4.98 Å². The number of benzene rings is 1. The normalized spacial score (nSPS) is 12.2. The number of hydrogen-bond acceptors (Lipinski definition) is 3. The highest BCUT2D eigenvalue weighted by atomic mass is 35.5. The van der Waals surface area contributed by atoms with E-state index in [-0.39, 0.29) is 0 Å². The Morgan fingerprint density at radius 3 is 2.68 bits per heavy atom. The van der Waals surface area contributed by atoms with Gasteiger partial charge >= 0.3 is 0 Å². The van der Waals surface area contributed by atoms with E-state index < -0.39 is 6.10 Å². The first-order chi connectivity index (χ1) is 9.08. The average Bonchev–Trinajstić information content (AvgIpc) is 2.39. The minimum Gasteiger partial charge on any atom is -0.389 e. The van der Waals surface area contributed by atoms with Crippen molar-refractivity contribution in [3.8, 4) is 0 Å². The topological polar surface area (TPSA) is 36.4 Å². The quantitative estimate of drug-likeness (QED) is 0.929. The van der Waals surface area contributed by atoms with Crippen LogP contribution in [0.2, 0.25) is 5.02 Å². The molecule has 1 atom stereocenters. The third-order valence-electron chi connectivity index (χ3n) is 2.99. The van der Waals surface area contributed by atoms with E-state index in [1.807, 2.05) is 42.3 Å². The van der Waals surface area contributed by atoms with Gasteiger partial charge in [-0.15, -0.1) is 0 Å². The van der Waals surface area contributed by atoms with Gasteiger partial charge in [-0.05, 0) is 36.8 Å². The Kier molecular flexibility index (Phi) is 4.40. The first-order valence-corrected chi connectivity index (χ1v) is 6.54. The number of aromatic nitrogens is 1. The van der Waals surface area contributed by atoms with Crippen molar-refractivity contribution in [1.29, 1.82) is 0 Å². The lowest BCUT2D eigenvalue weighted by Gasteiger charge is -2.21. The molecule has 1 aromatic carbocycles. The predicted octanol–water partition coefficient (Wildman–Crippen LogP) is 3.42. The van der Waals surface area contributed by atoms with E-state index in [1.165, 1.54) is 0 Å². The van der Waals surface area contributed by atoms with Crippen LogP contribution in [-0.2, 0) is 6.54 Å². The molecule has 2 aromatic rings. The monoisotopic (exact) mass is 276 g/mol. The fraction of sp³-hybridized carbons (Fsp3) is 0.267. The zero-order valence-electron chi connectivity index (χ0n) is 11.0. The number of halogens is 1. The zero-order valence-corrected chi connectivity index (χ0v) is 11.8. The smallest absolute Gasteiger partial charge is 0.0762 e. The summed E-state index contributed by atoms with van der Waals surface area (Å²) in [7, 11) is 1.97. The van der Waals surface area contributed by atoms with E-state index >= 15 is 0 Å². The van der Waals surface area contributed by atoms with E-state index in [2.05, 4.69) is 4.98 Å². The summed E-state index contributed by atoms with van der Waals surface area (Å²) in [5, 5.41) is 10.2. The molecule has 0 amide bonds. The second-order valence-corrected chi connectivity index (χ2v) is 4.97. The Morgan fingerprint density at radius 1 is 1.32 bits per heavy atom. The highest BCUT2D eigenvalue weighted by Gasteiger charge is 2.10. The van der Waals surface area contributed by atoms with Gasteiger partial charge in [0.05, 0.1) is 29.1 Å². The lowest BCUT2D eigenvalue weighted by Crippen LogP contribution is -2.17. The van der Waals surface area contributed by atoms with Crippen LogP contribution in [0.3, 0.4) is 0 Å². The van der Waals surface area contributed by atoms with Gasteiger partial charge in [-0.25, -0.2) is 0 Å². The van der Waals surface area contributed by atoms with Gasteiger partial charge in [0.2, 0.25) is 0 Å². The predicted molar refractivity (Wildman–Crippen MR) is 78.4 cm³/mol. The van der Waals surface area contributed by atoms with Gasteiger partial charge in [0.25, 0.3) is 0 Å². The molecule has 0 saturated carbocycles. The summed E-state index contributed by atoms with van der Waals surface area (Å²) < 4.78 is 0. The van der Waals surface area contributed by atoms with Crippen LogP contribution in [0.4, 0.5) is 5.69 Å². The Morgan fingerprint density at radius 2 is 2.11 bits per heavy atom. The molecule has 3 nitrogen and oxygen atoms in total. The summed E-state index contributed by atoms with van der Waals surface area (Å²) in [5.41, 5.74) is 2.73. The van der Waals surface area contributed by atoms with Crippen LogP contribution in [0, 0.1) is 0 Å². The Labute approximate surface area is 118 Å². The molecule has 2 rings (SSSR count). The molecule has 0 bridgehead atoms. The van der Waals surface area contributed by atoms with Crippen molar-refractivity contribution >= 4 is 17.3 Å². The maximum atomic E-state index is 9.53. The van der Waals surface area contributed by atoms with Crippen molar-refractivity contribution in [3.63, 3.8) is 0 Å². The summed E-state index contributed by atoms with van der Waals surface area (Å²) >= 11 is 6.26. The maximum absolute atomic E-state index is 9.53. The lowest BCUT2D eigenvalue weighted by molar-refractivity contribution is 0.199.